The molecule has 0 fully saturated rings. The number of thioether (sulfide) groups is 1. The highest BCUT2D eigenvalue weighted by molar-refractivity contribution is 7.99. The zero-order valence-corrected chi connectivity index (χ0v) is 12.4. The molecular weight excluding hydrogens is 276 g/mol. The fourth-order valence-electron chi connectivity index (χ4n) is 1.71. The highest BCUT2D eigenvalue weighted by Crippen LogP contribution is 2.26. The van der Waals surface area contributed by atoms with Crippen LogP contribution in [0.5, 0.6) is 0 Å². The van der Waals surface area contributed by atoms with Crippen LogP contribution in [0.1, 0.15) is 20.3 Å². The molecule has 1 aromatic carbocycles. The van der Waals surface area contributed by atoms with Crippen LogP contribution in [0.2, 0.25) is 0 Å². The highest BCUT2D eigenvalue weighted by atomic mass is 32.2. The zero-order valence-electron chi connectivity index (χ0n) is 11.5. The van der Waals surface area contributed by atoms with Gasteiger partial charge in [-0.3, -0.25) is 4.79 Å². The number of aliphatic carboxylic acids is 1. The second kappa shape index (κ2) is 6.28. The summed E-state index contributed by atoms with van der Waals surface area (Å²) in [6.45, 7) is 4.35. The molecule has 5 nitrogen and oxygen atoms in total. The van der Waals surface area contributed by atoms with Crippen LogP contribution in [0, 0.1) is 0 Å². The average Bonchev–Trinajstić information content (AvgIpc) is 2.85. The number of fused-ring (bicyclic) bond motifs is 1. The molecule has 2 aromatic rings. The molecule has 108 valence electrons. The van der Waals surface area contributed by atoms with Crippen LogP contribution in [0.15, 0.2) is 33.9 Å². The SMILES string of the molecule is CCCNC(C)(CSc1nc2ccccc2o1)C(=O)O. The zero-order chi connectivity index (χ0) is 14.6. The summed E-state index contributed by atoms with van der Waals surface area (Å²) >= 11 is 1.31. The van der Waals surface area contributed by atoms with Crippen LogP contribution in [0.4, 0.5) is 0 Å². The molecule has 0 amide bonds. The lowest BCUT2D eigenvalue weighted by atomic mass is 10.1. The van der Waals surface area contributed by atoms with E-state index in [9.17, 15) is 9.90 Å². The van der Waals surface area contributed by atoms with Crippen LogP contribution in [0.25, 0.3) is 11.1 Å². The van der Waals surface area contributed by atoms with Gasteiger partial charge in [0, 0.05) is 5.75 Å². The third-order valence-electron chi connectivity index (χ3n) is 3.00. The van der Waals surface area contributed by atoms with Gasteiger partial charge in [-0.1, -0.05) is 30.8 Å². The molecule has 0 aliphatic carbocycles. The van der Waals surface area contributed by atoms with E-state index in [1.807, 2.05) is 31.2 Å². The van der Waals surface area contributed by atoms with Crippen molar-refractivity contribution in [3.63, 3.8) is 0 Å². The van der Waals surface area contributed by atoms with Gasteiger partial charge in [0.05, 0.1) is 0 Å². The summed E-state index contributed by atoms with van der Waals surface area (Å²) in [5.41, 5.74) is 0.517. The Morgan fingerprint density at radius 2 is 2.25 bits per heavy atom. The van der Waals surface area contributed by atoms with Crippen LogP contribution in [-0.4, -0.2) is 33.9 Å². The molecule has 0 radical (unpaired) electrons. The van der Waals surface area contributed by atoms with E-state index in [-0.39, 0.29) is 0 Å². The highest BCUT2D eigenvalue weighted by Gasteiger charge is 2.33. The van der Waals surface area contributed by atoms with Crippen molar-refractivity contribution in [2.75, 3.05) is 12.3 Å². The number of carboxylic acids is 1. The number of rotatable bonds is 7. The fourth-order valence-corrected chi connectivity index (χ4v) is 2.66. The summed E-state index contributed by atoms with van der Waals surface area (Å²) in [4.78, 5) is 15.7. The Kier molecular flexibility index (Phi) is 4.67. The van der Waals surface area contributed by atoms with Crippen molar-refractivity contribution in [2.45, 2.75) is 31.0 Å². The standard InChI is InChI=1S/C14H18N2O3S/c1-3-8-15-14(2,12(17)18)9-20-13-16-10-6-4-5-7-11(10)19-13/h4-7,15H,3,8-9H2,1-2H3,(H,17,18). The normalized spacial score (nSPS) is 14.3. The summed E-state index contributed by atoms with van der Waals surface area (Å²) in [5, 5.41) is 12.9. The van der Waals surface area contributed by atoms with E-state index in [0.29, 0.717) is 23.1 Å². The molecule has 1 atom stereocenters. The molecule has 2 N–H and O–H groups in total. The molecule has 2 rings (SSSR count). The lowest BCUT2D eigenvalue weighted by Crippen LogP contribution is -2.51. The van der Waals surface area contributed by atoms with Gasteiger partial charge in [0.2, 0.25) is 0 Å². The van der Waals surface area contributed by atoms with E-state index in [1.165, 1.54) is 11.8 Å². The molecule has 0 saturated carbocycles. The summed E-state index contributed by atoms with van der Waals surface area (Å²) in [6.07, 6.45) is 0.885. The van der Waals surface area contributed by atoms with E-state index < -0.39 is 11.5 Å². The molecule has 0 saturated heterocycles. The molecule has 1 aromatic heterocycles. The van der Waals surface area contributed by atoms with Gasteiger partial charge in [0.1, 0.15) is 11.1 Å². The number of oxazole rings is 1. The predicted octanol–water partition coefficient (Wildman–Crippen LogP) is 2.76. The van der Waals surface area contributed by atoms with E-state index >= 15 is 0 Å². The summed E-state index contributed by atoms with van der Waals surface area (Å²) in [6, 6.07) is 7.49. The van der Waals surface area contributed by atoms with Gasteiger partial charge in [-0.05, 0) is 32.0 Å². The minimum atomic E-state index is -0.985. The number of para-hydroxylation sites is 2. The molecule has 1 unspecified atom stereocenters. The summed E-state index contributed by atoms with van der Waals surface area (Å²) in [5.74, 6) is -0.510. The number of aromatic nitrogens is 1. The van der Waals surface area contributed by atoms with Crippen molar-refractivity contribution < 1.29 is 14.3 Å². The van der Waals surface area contributed by atoms with E-state index in [2.05, 4.69) is 10.3 Å². The lowest BCUT2D eigenvalue weighted by molar-refractivity contribution is -0.143. The second-order valence-electron chi connectivity index (χ2n) is 4.80. The van der Waals surface area contributed by atoms with Crippen molar-refractivity contribution in [2.24, 2.45) is 0 Å². The largest absolute Gasteiger partial charge is 0.480 e. The predicted molar refractivity (Wildman–Crippen MR) is 79.1 cm³/mol. The van der Waals surface area contributed by atoms with E-state index in [4.69, 9.17) is 4.42 Å². The van der Waals surface area contributed by atoms with Gasteiger partial charge in [-0.25, -0.2) is 4.98 Å². The third kappa shape index (κ3) is 3.32. The van der Waals surface area contributed by atoms with Gasteiger partial charge in [0.25, 0.3) is 5.22 Å². The van der Waals surface area contributed by atoms with Crippen molar-refractivity contribution in [1.82, 2.24) is 10.3 Å². The quantitative estimate of drug-likeness (QED) is 0.765. The third-order valence-corrected chi connectivity index (χ3v) is 4.14. The molecule has 0 bridgehead atoms. The topological polar surface area (TPSA) is 75.4 Å². The lowest BCUT2D eigenvalue weighted by Gasteiger charge is -2.25. The molecule has 20 heavy (non-hydrogen) atoms. The van der Waals surface area contributed by atoms with E-state index in [1.54, 1.807) is 6.92 Å². The number of hydrogen-bond donors (Lipinski definition) is 2. The molecule has 1 heterocycles. The Morgan fingerprint density at radius 1 is 1.50 bits per heavy atom. The number of carboxylic acid groups (broad SMARTS) is 1. The first-order valence-electron chi connectivity index (χ1n) is 6.52. The van der Waals surface area contributed by atoms with Gasteiger partial charge in [-0.2, -0.15) is 0 Å². The van der Waals surface area contributed by atoms with Crippen molar-refractivity contribution in [3.05, 3.63) is 24.3 Å². The number of carbonyl (C=O) groups is 1. The number of nitrogens with zero attached hydrogens (tertiary/aromatic N) is 1. The first kappa shape index (κ1) is 14.9. The van der Waals surface area contributed by atoms with Crippen LogP contribution in [-0.2, 0) is 4.79 Å². The van der Waals surface area contributed by atoms with Crippen LogP contribution < -0.4 is 5.32 Å². The number of nitrogens with one attached hydrogen (secondary N) is 1. The Labute approximate surface area is 121 Å². The monoisotopic (exact) mass is 294 g/mol. The Balaban J connectivity index is 2.06. The van der Waals surface area contributed by atoms with Crippen LogP contribution in [0.3, 0.4) is 0 Å². The van der Waals surface area contributed by atoms with Gasteiger partial charge in [0.15, 0.2) is 5.58 Å². The Bertz CT molecular complexity index is 566. The first-order valence-corrected chi connectivity index (χ1v) is 7.50. The maximum absolute atomic E-state index is 11.4. The molecule has 0 aliphatic rings. The molecule has 0 aliphatic heterocycles. The maximum Gasteiger partial charge on any atom is 0.324 e. The molecular formula is C14H18N2O3S. The summed E-state index contributed by atoms with van der Waals surface area (Å²) < 4.78 is 5.58. The van der Waals surface area contributed by atoms with Crippen molar-refractivity contribution in [3.8, 4) is 0 Å². The minimum Gasteiger partial charge on any atom is -0.480 e. The van der Waals surface area contributed by atoms with Gasteiger partial charge < -0.3 is 14.8 Å². The van der Waals surface area contributed by atoms with Crippen molar-refractivity contribution in [1.29, 1.82) is 0 Å². The minimum absolute atomic E-state index is 0.356. The Hall–Kier alpha value is -1.53. The smallest absolute Gasteiger partial charge is 0.324 e. The maximum atomic E-state index is 11.4. The fraction of sp³-hybridized carbons (Fsp3) is 0.429. The average molecular weight is 294 g/mol. The summed E-state index contributed by atoms with van der Waals surface area (Å²) in [7, 11) is 0. The number of benzene rings is 1. The molecule has 6 heteroatoms. The second-order valence-corrected chi connectivity index (χ2v) is 5.73. The Morgan fingerprint density at radius 3 is 2.90 bits per heavy atom. The van der Waals surface area contributed by atoms with Gasteiger partial charge in [-0.15, -0.1) is 0 Å². The van der Waals surface area contributed by atoms with Crippen LogP contribution >= 0.6 is 11.8 Å². The number of hydrogen-bond acceptors (Lipinski definition) is 5. The van der Waals surface area contributed by atoms with Gasteiger partial charge >= 0.3 is 5.97 Å². The van der Waals surface area contributed by atoms with Crippen molar-refractivity contribution >= 4 is 28.8 Å². The van der Waals surface area contributed by atoms with E-state index in [0.717, 1.165) is 11.9 Å². The first-order chi connectivity index (χ1) is 9.55. The molecule has 0 spiro atoms.